The van der Waals surface area contributed by atoms with Crippen LogP contribution in [0.2, 0.25) is 0 Å². The van der Waals surface area contributed by atoms with Crippen LogP contribution in [0.3, 0.4) is 0 Å². The highest BCUT2D eigenvalue weighted by molar-refractivity contribution is 9.10. The summed E-state index contributed by atoms with van der Waals surface area (Å²) in [5.74, 6) is 2.27. The normalized spacial score (nSPS) is 17.5. The molecule has 0 aromatic heterocycles. The van der Waals surface area contributed by atoms with Crippen LogP contribution >= 0.6 is 15.9 Å². The van der Waals surface area contributed by atoms with Gasteiger partial charge in [0.15, 0.2) is 0 Å². The number of ether oxygens (including phenoxy) is 1. The van der Waals surface area contributed by atoms with Crippen LogP contribution in [-0.4, -0.2) is 13.2 Å². The second kappa shape index (κ2) is 4.99. The Morgan fingerprint density at radius 3 is 2.53 bits per heavy atom. The van der Waals surface area contributed by atoms with Crippen LogP contribution in [-0.2, 0) is 0 Å². The minimum atomic E-state index is 0.536. The first-order chi connectivity index (χ1) is 7.29. The predicted molar refractivity (Wildman–Crippen MR) is 64.9 cm³/mol. The zero-order valence-corrected chi connectivity index (χ0v) is 10.2. The smallest absolute Gasteiger partial charge is 0.119 e. The molecule has 0 aliphatic heterocycles. The second-order valence-electron chi connectivity index (χ2n) is 4.10. The minimum Gasteiger partial charge on any atom is -0.493 e. The molecule has 1 saturated carbocycles. The summed E-state index contributed by atoms with van der Waals surface area (Å²) in [6.45, 7) is 1.49. The highest BCUT2D eigenvalue weighted by Gasteiger charge is 2.30. The van der Waals surface area contributed by atoms with Crippen molar-refractivity contribution in [1.29, 1.82) is 0 Å². The zero-order valence-electron chi connectivity index (χ0n) is 8.66. The molecule has 3 heteroatoms. The zero-order chi connectivity index (χ0) is 10.7. The molecule has 82 valence electrons. The fraction of sp³-hybridized carbons (Fsp3) is 0.500. The van der Waals surface area contributed by atoms with Gasteiger partial charge >= 0.3 is 0 Å². The van der Waals surface area contributed by atoms with Crippen molar-refractivity contribution >= 4 is 15.9 Å². The summed E-state index contributed by atoms with van der Waals surface area (Å²) in [5, 5.41) is 0. The second-order valence-corrected chi connectivity index (χ2v) is 5.01. The summed E-state index contributed by atoms with van der Waals surface area (Å²) in [5.41, 5.74) is 5.71. The third kappa shape index (κ3) is 3.21. The van der Waals surface area contributed by atoms with E-state index in [1.165, 1.54) is 12.8 Å². The van der Waals surface area contributed by atoms with Crippen molar-refractivity contribution in [3.05, 3.63) is 28.7 Å². The molecule has 2 nitrogen and oxygen atoms in total. The van der Waals surface area contributed by atoms with E-state index >= 15 is 0 Å². The van der Waals surface area contributed by atoms with E-state index in [1.807, 2.05) is 24.3 Å². The molecule has 2 rings (SSSR count). The van der Waals surface area contributed by atoms with Crippen LogP contribution in [0.15, 0.2) is 28.7 Å². The maximum atomic E-state index is 5.71. The summed E-state index contributed by atoms with van der Waals surface area (Å²) in [7, 11) is 0. The summed E-state index contributed by atoms with van der Waals surface area (Å²) in [6, 6.07) is 7.93. The fourth-order valence-electron chi connectivity index (χ4n) is 1.70. The first-order valence-corrected chi connectivity index (χ1v) is 6.17. The molecule has 1 aromatic carbocycles. The number of rotatable bonds is 5. The van der Waals surface area contributed by atoms with Crippen molar-refractivity contribution < 1.29 is 4.74 Å². The molecule has 1 aliphatic rings. The predicted octanol–water partition coefficient (Wildman–Crippen LogP) is 2.81. The third-order valence-corrected chi connectivity index (χ3v) is 3.40. The Bertz CT molecular complexity index is 308. The van der Waals surface area contributed by atoms with Crippen LogP contribution < -0.4 is 10.5 Å². The molecule has 1 aromatic rings. The Morgan fingerprint density at radius 2 is 2.00 bits per heavy atom. The molecule has 0 saturated heterocycles. The molecule has 0 heterocycles. The lowest BCUT2D eigenvalue weighted by atomic mass is 10.1. The van der Waals surface area contributed by atoms with E-state index in [1.54, 1.807) is 0 Å². The van der Waals surface area contributed by atoms with Gasteiger partial charge in [0.05, 0.1) is 6.61 Å². The van der Waals surface area contributed by atoms with Gasteiger partial charge in [-0.15, -0.1) is 0 Å². The lowest BCUT2D eigenvalue weighted by molar-refractivity contribution is 0.236. The first-order valence-electron chi connectivity index (χ1n) is 5.38. The molecule has 1 atom stereocenters. The van der Waals surface area contributed by atoms with Crippen LogP contribution in [0.25, 0.3) is 0 Å². The average Bonchev–Trinajstić information content (AvgIpc) is 3.06. The number of halogens is 1. The number of nitrogens with two attached hydrogens (primary N) is 1. The van der Waals surface area contributed by atoms with Gasteiger partial charge in [0, 0.05) is 10.4 Å². The van der Waals surface area contributed by atoms with Crippen LogP contribution in [0.5, 0.6) is 5.75 Å². The Hall–Kier alpha value is -0.540. The van der Waals surface area contributed by atoms with Crippen LogP contribution in [0.1, 0.15) is 12.8 Å². The molecule has 0 amide bonds. The van der Waals surface area contributed by atoms with E-state index < -0.39 is 0 Å². The Morgan fingerprint density at radius 1 is 1.33 bits per heavy atom. The summed E-state index contributed by atoms with van der Waals surface area (Å²) >= 11 is 3.40. The Balaban J connectivity index is 1.83. The van der Waals surface area contributed by atoms with E-state index in [4.69, 9.17) is 10.5 Å². The van der Waals surface area contributed by atoms with E-state index in [9.17, 15) is 0 Å². The maximum Gasteiger partial charge on any atom is 0.119 e. The van der Waals surface area contributed by atoms with Crippen LogP contribution in [0, 0.1) is 11.8 Å². The van der Waals surface area contributed by atoms with Gasteiger partial charge in [0.1, 0.15) is 5.75 Å². The molecular formula is C12H16BrNO. The van der Waals surface area contributed by atoms with E-state index in [2.05, 4.69) is 15.9 Å². The summed E-state index contributed by atoms with van der Waals surface area (Å²) < 4.78 is 6.79. The van der Waals surface area contributed by atoms with Gasteiger partial charge in [0.25, 0.3) is 0 Å². The molecule has 0 bridgehead atoms. The van der Waals surface area contributed by atoms with Crippen LogP contribution in [0.4, 0.5) is 0 Å². The van der Waals surface area contributed by atoms with Crippen molar-refractivity contribution in [1.82, 2.24) is 0 Å². The Labute approximate surface area is 98.9 Å². The third-order valence-electron chi connectivity index (χ3n) is 2.87. The topological polar surface area (TPSA) is 35.2 Å². The maximum absolute atomic E-state index is 5.71. The number of hydrogen-bond donors (Lipinski definition) is 1. The van der Waals surface area contributed by atoms with Gasteiger partial charge in [-0.1, -0.05) is 15.9 Å². The van der Waals surface area contributed by atoms with E-state index in [0.29, 0.717) is 5.92 Å². The average molecular weight is 270 g/mol. The van der Waals surface area contributed by atoms with Crippen molar-refractivity contribution in [2.75, 3.05) is 13.2 Å². The van der Waals surface area contributed by atoms with Crippen molar-refractivity contribution in [2.45, 2.75) is 12.8 Å². The molecule has 0 radical (unpaired) electrons. The van der Waals surface area contributed by atoms with Gasteiger partial charge in [0.2, 0.25) is 0 Å². The van der Waals surface area contributed by atoms with E-state index in [-0.39, 0.29) is 0 Å². The lowest BCUT2D eigenvalue weighted by Crippen LogP contribution is -2.23. The van der Waals surface area contributed by atoms with Crippen molar-refractivity contribution in [2.24, 2.45) is 17.6 Å². The van der Waals surface area contributed by atoms with Crippen molar-refractivity contribution in [3.63, 3.8) is 0 Å². The number of hydrogen-bond acceptors (Lipinski definition) is 2. The minimum absolute atomic E-state index is 0.536. The number of benzene rings is 1. The summed E-state index contributed by atoms with van der Waals surface area (Å²) in [6.07, 6.45) is 2.65. The first kappa shape index (κ1) is 11.0. The molecule has 1 fully saturated rings. The highest BCUT2D eigenvalue weighted by Crippen LogP contribution is 2.36. The lowest BCUT2D eigenvalue weighted by Gasteiger charge is -2.14. The largest absolute Gasteiger partial charge is 0.493 e. The molecule has 1 aliphatic carbocycles. The molecular weight excluding hydrogens is 254 g/mol. The fourth-order valence-corrected chi connectivity index (χ4v) is 1.96. The van der Waals surface area contributed by atoms with Crippen molar-refractivity contribution in [3.8, 4) is 5.75 Å². The van der Waals surface area contributed by atoms with Gasteiger partial charge in [-0.05, 0) is 49.6 Å². The molecule has 0 spiro atoms. The highest BCUT2D eigenvalue weighted by atomic mass is 79.9. The summed E-state index contributed by atoms with van der Waals surface area (Å²) in [4.78, 5) is 0. The monoisotopic (exact) mass is 269 g/mol. The van der Waals surface area contributed by atoms with Gasteiger partial charge < -0.3 is 10.5 Å². The van der Waals surface area contributed by atoms with Gasteiger partial charge in [-0.2, -0.15) is 0 Å². The standard InChI is InChI=1S/C12H16BrNO/c13-11-3-5-12(6-4-11)15-8-10(7-14)9-1-2-9/h3-6,9-10H,1-2,7-8,14H2. The molecule has 15 heavy (non-hydrogen) atoms. The van der Waals surface area contributed by atoms with Gasteiger partial charge in [-0.3, -0.25) is 0 Å². The molecule has 1 unspecified atom stereocenters. The SMILES string of the molecule is NCC(COc1ccc(Br)cc1)C1CC1. The van der Waals surface area contributed by atoms with E-state index in [0.717, 1.165) is 29.3 Å². The quantitative estimate of drug-likeness (QED) is 0.892. The molecule has 2 N–H and O–H groups in total. The Kier molecular flexibility index (Phi) is 3.65. The van der Waals surface area contributed by atoms with Gasteiger partial charge in [-0.25, -0.2) is 0 Å².